The minimum Gasteiger partial charge on any atom is -0.488 e. The Balaban J connectivity index is 1.89. The highest BCUT2D eigenvalue weighted by Crippen LogP contribution is 2.31. The minimum atomic E-state index is -0.636. The summed E-state index contributed by atoms with van der Waals surface area (Å²) in [5.41, 5.74) is 1.87. The number of ketones is 1. The third kappa shape index (κ3) is 7.09. The van der Waals surface area contributed by atoms with Crippen molar-refractivity contribution in [3.8, 4) is 11.8 Å². The van der Waals surface area contributed by atoms with Gasteiger partial charge in [0.1, 0.15) is 23.3 Å². The Labute approximate surface area is 230 Å². The fourth-order valence-corrected chi connectivity index (χ4v) is 4.92. The largest absolute Gasteiger partial charge is 0.488 e. The van der Waals surface area contributed by atoms with Crippen LogP contribution in [0, 0.1) is 18.3 Å². The average molecular weight is 552 g/mol. The van der Waals surface area contributed by atoms with Crippen LogP contribution in [0.4, 0.5) is 0 Å². The highest BCUT2D eigenvalue weighted by molar-refractivity contribution is 7.14. The summed E-state index contributed by atoms with van der Waals surface area (Å²) in [6, 6.07) is 16.2. The molecule has 1 aromatic heterocycles. The number of ether oxygens (including phenoxy) is 3. The number of esters is 2. The van der Waals surface area contributed by atoms with Gasteiger partial charge in [-0.05, 0) is 56.2 Å². The van der Waals surface area contributed by atoms with Gasteiger partial charge in [-0.1, -0.05) is 41.9 Å². The second-order valence-electron chi connectivity index (χ2n) is 8.02. The van der Waals surface area contributed by atoms with Crippen LogP contribution in [-0.4, -0.2) is 30.9 Å². The zero-order chi connectivity index (χ0) is 27.7. The molecule has 0 aliphatic rings. The molecule has 0 N–H and O–H groups in total. The molecule has 1 heterocycles. The number of nitriles is 1. The van der Waals surface area contributed by atoms with Crippen LogP contribution in [0.3, 0.4) is 0 Å². The highest BCUT2D eigenvalue weighted by Gasteiger charge is 2.28. The van der Waals surface area contributed by atoms with Gasteiger partial charge in [0.15, 0.2) is 5.78 Å². The number of carbonyl (C=O) groups excluding carboxylic acids is 3. The van der Waals surface area contributed by atoms with Crippen molar-refractivity contribution in [1.29, 1.82) is 5.26 Å². The number of benzene rings is 2. The lowest BCUT2D eigenvalue weighted by molar-refractivity contribution is -0.114. The van der Waals surface area contributed by atoms with Crippen molar-refractivity contribution >= 4 is 46.7 Å². The fourth-order valence-electron chi connectivity index (χ4n) is 3.60. The maximum absolute atomic E-state index is 13.2. The van der Waals surface area contributed by atoms with Crippen LogP contribution in [-0.2, 0) is 27.3 Å². The number of thiophene rings is 1. The zero-order valence-corrected chi connectivity index (χ0v) is 22.8. The summed E-state index contributed by atoms with van der Waals surface area (Å²) in [6.45, 7) is 5.52. The monoisotopic (exact) mass is 551 g/mol. The molecule has 0 radical (unpaired) electrons. The normalized spacial score (nSPS) is 11.0. The van der Waals surface area contributed by atoms with E-state index in [2.05, 4.69) is 0 Å². The molecule has 9 heteroatoms. The first-order valence-electron chi connectivity index (χ1n) is 11.9. The molecule has 0 unspecified atom stereocenters. The third-order valence-corrected chi connectivity index (χ3v) is 6.95. The molecule has 0 aliphatic heterocycles. The molecule has 0 bridgehead atoms. The van der Waals surface area contributed by atoms with Crippen LogP contribution in [0.1, 0.15) is 55.4 Å². The number of para-hydroxylation sites is 1. The maximum Gasteiger partial charge on any atom is 0.348 e. The molecule has 196 valence electrons. The number of hydrogen-bond acceptors (Lipinski definition) is 8. The average Bonchev–Trinajstić information content (AvgIpc) is 3.23. The molecular weight excluding hydrogens is 526 g/mol. The van der Waals surface area contributed by atoms with Crippen LogP contribution < -0.4 is 4.74 Å². The quantitative estimate of drug-likeness (QED) is 0.155. The molecule has 0 spiro atoms. The van der Waals surface area contributed by atoms with Crippen molar-refractivity contribution in [3.63, 3.8) is 0 Å². The van der Waals surface area contributed by atoms with Crippen molar-refractivity contribution in [1.82, 2.24) is 0 Å². The lowest BCUT2D eigenvalue weighted by Crippen LogP contribution is -2.12. The first-order chi connectivity index (χ1) is 18.3. The number of carbonyl (C=O) groups is 3. The van der Waals surface area contributed by atoms with Crippen molar-refractivity contribution in [3.05, 3.63) is 91.1 Å². The van der Waals surface area contributed by atoms with E-state index in [-0.39, 0.29) is 42.3 Å². The van der Waals surface area contributed by atoms with E-state index in [4.69, 9.17) is 25.8 Å². The Morgan fingerprint density at radius 1 is 1.00 bits per heavy atom. The predicted molar refractivity (Wildman–Crippen MR) is 145 cm³/mol. The summed E-state index contributed by atoms with van der Waals surface area (Å²) in [7, 11) is 0. The van der Waals surface area contributed by atoms with E-state index < -0.39 is 17.7 Å². The molecular formula is C29H26ClNO6S. The van der Waals surface area contributed by atoms with Gasteiger partial charge in [-0.3, -0.25) is 4.79 Å². The topological polar surface area (TPSA) is 103 Å². The summed E-state index contributed by atoms with van der Waals surface area (Å²) in [6.07, 6.45) is 1.20. The maximum atomic E-state index is 13.2. The van der Waals surface area contributed by atoms with E-state index in [9.17, 15) is 19.6 Å². The fraction of sp³-hybridized carbons (Fsp3) is 0.241. The van der Waals surface area contributed by atoms with Crippen LogP contribution in [0.25, 0.3) is 6.08 Å². The van der Waals surface area contributed by atoms with Gasteiger partial charge in [0.05, 0.1) is 24.4 Å². The van der Waals surface area contributed by atoms with Crippen molar-refractivity contribution in [2.24, 2.45) is 0 Å². The minimum absolute atomic E-state index is 0.119. The van der Waals surface area contributed by atoms with Crippen LogP contribution >= 0.6 is 22.9 Å². The zero-order valence-electron chi connectivity index (χ0n) is 21.2. The summed E-state index contributed by atoms with van der Waals surface area (Å²) in [5, 5.41) is 10.4. The molecule has 0 amide bonds. The lowest BCUT2D eigenvalue weighted by atomic mass is 10.0. The Morgan fingerprint density at radius 3 is 2.32 bits per heavy atom. The first-order valence-corrected chi connectivity index (χ1v) is 13.1. The van der Waals surface area contributed by atoms with E-state index in [1.54, 1.807) is 57.2 Å². The number of nitrogens with zero attached hydrogens (tertiary/aromatic N) is 1. The van der Waals surface area contributed by atoms with Gasteiger partial charge in [0.25, 0.3) is 0 Å². The molecule has 0 atom stereocenters. The smallest absolute Gasteiger partial charge is 0.348 e. The molecule has 2 aromatic carbocycles. The van der Waals surface area contributed by atoms with Crippen molar-refractivity contribution in [2.45, 2.75) is 33.8 Å². The van der Waals surface area contributed by atoms with Crippen LogP contribution in [0.5, 0.6) is 5.75 Å². The van der Waals surface area contributed by atoms with Gasteiger partial charge < -0.3 is 14.2 Å². The molecule has 0 aliphatic carbocycles. The predicted octanol–water partition coefficient (Wildman–Crippen LogP) is 6.36. The number of allylic oxidation sites excluding steroid dienone is 1. The summed E-state index contributed by atoms with van der Waals surface area (Å²) >= 11 is 6.93. The summed E-state index contributed by atoms with van der Waals surface area (Å²) in [5.74, 6) is -1.24. The molecule has 38 heavy (non-hydrogen) atoms. The van der Waals surface area contributed by atoms with Gasteiger partial charge >= 0.3 is 11.9 Å². The number of rotatable bonds is 11. The van der Waals surface area contributed by atoms with Gasteiger partial charge in [0.2, 0.25) is 0 Å². The summed E-state index contributed by atoms with van der Waals surface area (Å²) in [4.78, 5) is 38.8. The van der Waals surface area contributed by atoms with E-state index in [1.165, 1.54) is 6.08 Å². The van der Waals surface area contributed by atoms with E-state index in [1.807, 2.05) is 18.2 Å². The second kappa shape index (κ2) is 13.6. The van der Waals surface area contributed by atoms with Crippen LogP contribution in [0.15, 0.2) is 54.1 Å². The Kier molecular flexibility index (Phi) is 10.2. The van der Waals surface area contributed by atoms with Gasteiger partial charge in [-0.2, -0.15) is 5.26 Å². The van der Waals surface area contributed by atoms with E-state index in [0.717, 1.165) is 16.9 Å². The number of halogens is 1. The number of Topliss-reactive ketones (excluding diaryl/α,β-unsaturated/α-hetero) is 1. The van der Waals surface area contributed by atoms with Gasteiger partial charge in [0, 0.05) is 21.9 Å². The third-order valence-electron chi connectivity index (χ3n) is 5.43. The summed E-state index contributed by atoms with van der Waals surface area (Å²) < 4.78 is 16.2. The molecule has 0 saturated heterocycles. The Bertz CT molecular complexity index is 1400. The molecule has 3 aromatic rings. The second-order valence-corrected chi connectivity index (χ2v) is 9.56. The van der Waals surface area contributed by atoms with Gasteiger partial charge in [-0.15, -0.1) is 11.3 Å². The standard InChI is InChI=1S/C29H26ClNO6S/c1-4-35-28(33)26-18(3)27(29(34)36-5-2)38-25(26)15-23(32)21(16-31)14-20-8-6-7-9-24(20)37-17-19-10-12-22(30)13-11-19/h6-14H,4-5,15,17H2,1-3H3. The SMILES string of the molecule is CCOC(=O)c1sc(CC(=O)C(C#N)=Cc2ccccc2OCc2ccc(Cl)cc2)c(C(=O)OCC)c1C. The van der Waals surface area contributed by atoms with Gasteiger partial charge in [-0.25, -0.2) is 9.59 Å². The van der Waals surface area contributed by atoms with Crippen molar-refractivity contribution in [2.75, 3.05) is 13.2 Å². The van der Waals surface area contributed by atoms with E-state index >= 15 is 0 Å². The number of hydrogen-bond donors (Lipinski definition) is 0. The van der Waals surface area contributed by atoms with E-state index in [0.29, 0.717) is 26.8 Å². The molecule has 0 saturated carbocycles. The molecule has 0 fully saturated rings. The Hall–Kier alpha value is -3.93. The first kappa shape index (κ1) is 28.6. The highest BCUT2D eigenvalue weighted by atomic mass is 35.5. The molecule has 3 rings (SSSR count). The van der Waals surface area contributed by atoms with Crippen molar-refractivity contribution < 1.29 is 28.6 Å². The molecule has 7 nitrogen and oxygen atoms in total. The lowest BCUT2D eigenvalue weighted by Gasteiger charge is -2.10. The van der Waals surface area contributed by atoms with Crippen LogP contribution in [0.2, 0.25) is 5.02 Å². The Morgan fingerprint density at radius 2 is 1.66 bits per heavy atom.